The van der Waals surface area contributed by atoms with Gasteiger partial charge in [-0.05, 0) is 40.2 Å². The van der Waals surface area contributed by atoms with E-state index in [-0.39, 0.29) is 22.6 Å². The number of para-hydroxylation sites is 1. The fourth-order valence-electron chi connectivity index (χ4n) is 2.22. The van der Waals surface area contributed by atoms with Crippen molar-refractivity contribution in [3.05, 3.63) is 64.1 Å². The Morgan fingerprint density at radius 3 is 2.57 bits per heavy atom. The van der Waals surface area contributed by atoms with Gasteiger partial charge in [0, 0.05) is 16.1 Å². The maximum Gasteiger partial charge on any atom is 0.145 e. The van der Waals surface area contributed by atoms with Crippen LogP contribution in [0.2, 0.25) is 0 Å². The zero-order valence-corrected chi connectivity index (χ0v) is 13.2. The van der Waals surface area contributed by atoms with Crippen LogP contribution in [0.15, 0.2) is 46.9 Å². The van der Waals surface area contributed by atoms with E-state index in [2.05, 4.69) is 21.0 Å². The van der Waals surface area contributed by atoms with Crippen molar-refractivity contribution in [3.8, 4) is 23.0 Å². The second-order valence-corrected chi connectivity index (χ2v) is 5.56. The summed E-state index contributed by atoms with van der Waals surface area (Å²) in [6, 6.07) is 12.2. The lowest BCUT2D eigenvalue weighted by Gasteiger charge is -2.05. The highest BCUT2D eigenvalue weighted by Gasteiger charge is 2.21. The van der Waals surface area contributed by atoms with Crippen LogP contribution in [0.3, 0.4) is 0 Å². The van der Waals surface area contributed by atoms with E-state index in [1.54, 1.807) is 18.2 Å². The summed E-state index contributed by atoms with van der Waals surface area (Å²) in [5, 5.41) is 13.6. The number of rotatable bonds is 2. The zero-order chi connectivity index (χ0) is 16.6. The Hall–Kier alpha value is -2.72. The second kappa shape index (κ2) is 5.82. The van der Waals surface area contributed by atoms with Crippen molar-refractivity contribution in [2.75, 3.05) is 5.73 Å². The van der Waals surface area contributed by atoms with E-state index < -0.39 is 11.6 Å². The number of nitriles is 1. The molecular weight excluding hydrogens is 366 g/mol. The molecule has 3 aromatic rings. The van der Waals surface area contributed by atoms with Crippen LogP contribution in [0.1, 0.15) is 5.56 Å². The van der Waals surface area contributed by atoms with Crippen molar-refractivity contribution >= 4 is 21.7 Å². The molecule has 1 heterocycles. The van der Waals surface area contributed by atoms with Crippen LogP contribution in [-0.4, -0.2) is 9.78 Å². The molecule has 0 aliphatic rings. The third-order valence-corrected chi connectivity index (χ3v) is 3.97. The van der Waals surface area contributed by atoms with Crippen LogP contribution in [0.5, 0.6) is 0 Å². The first-order valence-corrected chi connectivity index (χ1v) is 7.31. The predicted molar refractivity (Wildman–Crippen MR) is 85.7 cm³/mol. The third-order valence-electron chi connectivity index (χ3n) is 3.30. The van der Waals surface area contributed by atoms with Gasteiger partial charge in [0.1, 0.15) is 34.8 Å². The zero-order valence-electron chi connectivity index (χ0n) is 11.6. The van der Waals surface area contributed by atoms with Gasteiger partial charge in [0.15, 0.2) is 0 Å². The van der Waals surface area contributed by atoms with Crippen molar-refractivity contribution in [2.24, 2.45) is 0 Å². The minimum absolute atomic E-state index is 0.0143. The molecule has 0 atom stereocenters. The molecule has 4 nitrogen and oxygen atoms in total. The Balaban J connectivity index is 2.26. The van der Waals surface area contributed by atoms with Crippen LogP contribution >= 0.6 is 15.9 Å². The average molecular weight is 375 g/mol. The fourth-order valence-corrected chi connectivity index (χ4v) is 2.67. The molecular formula is C16H9BrF2N4. The highest BCUT2D eigenvalue weighted by atomic mass is 79.9. The maximum absolute atomic E-state index is 14.0. The summed E-state index contributed by atoms with van der Waals surface area (Å²) in [6.45, 7) is 0. The van der Waals surface area contributed by atoms with E-state index >= 15 is 0 Å². The standard InChI is InChI=1S/C16H9BrF2N4/c17-12-3-1-2-4-14(12)23-16(21)11(8-20)15(22-23)10-6-5-9(18)7-13(10)19/h1-7H,21H2. The van der Waals surface area contributed by atoms with Crippen molar-refractivity contribution in [2.45, 2.75) is 0 Å². The van der Waals surface area contributed by atoms with Gasteiger partial charge in [-0.15, -0.1) is 0 Å². The third kappa shape index (κ3) is 2.58. The molecule has 0 aliphatic heterocycles. The van der Waals surface area contributed by atoms with Gasteiger partial charge in [-0.3, -0.25) is 0 Å². The molecule has 2 aromatic carbocycles. The minimum Gasteiger partial charge on any atom is -0.382 e. The van der Waals surface area contributed by atoms with Crippen LogP contribution in [0.25, 0.3) is 16.9 Å². The van der Waals surface area contributed by atoms with E-state index in [0.717, 1.165) is 12.1 Å². The first-order valence-electron chi connectivity index (χ1n) is 6.52. The van der Waals surface area contributed by atoms with E-state index in [0.29, 0.717) is 10.2 Å². The molecule has 0 amide bonds. The normalized spacial score (nSPS) is 10.5. The predicted octanol–water partition coefficient (Wildman–Crippen LogP) is 4.03. The molecule has 0 saturated heterocycles. The summed E-state index contributed by atoms with van der Waals surface area (Å²) in [7, 11) is 0. The lowest BCUT2D eigenvalue weighted by molar-refractivity contribution is 0.585. The van der Waals surface area contributed by atoms with Gasteiger partial charge in [0.05, 0.1) is 5.69 Å². The lowest BCUT2D eigenvalue weighted by Crippen LogP contribution is -2.03. The fraction of sp³-hybridized carbons (Fsp3) is 0. The van der Waals surface area contributed by atoms with Crippen LogP contribution in [0, 0.1) is 23.0 Å². The number of nitrogen functional groups attached to an aromatic ring is 1. The van der Waals surface area contributed by atoms with Gasteiger partial charge < -0.3 is 5.73 Å². The molecule has 1 aromatic heterocycles. The number of hydrogen-bond donors (Lipinski definition) is 1. The molecule has 114 valence electrons. The SMILES string of the molecule is N#Cc1c(-c2ccc(F)cc2F)nn(-c2ccccc2Br)c1N. The molecule has 23 heavy (non-hydrogen) atoms. The summed E-state index contributed by atoms with van der Waals surface area (Å²) >= 11 is 3.38. The topological polar surface area (TPSA) is 67.6 Å². The monoisotopic (exact) mass is 374 g/mol. The largest absolute Gasteiger partial charge is 0.382 e. The first kappa shape index (κ1) is 15.2. The van der Waals surface area contributed by atoms with Crippen LogP contribution in [0.4, 0.5) is 14.6 Å². The molecule has 0 saturated carbocycles. The molecule has 0 unspecified atom stereocenters. The molecule has 2 N–H and O–H groups in total. The Kier molecular flexibility index (Phi) is 3.84. The maximum atomic E-state index is 14.0. The van der Waals surface area contributed by atoms with E-state index in [1.807, 2.05) is 12.1 Å². The van der Waals surface area contributed by atoms with Gasteiger partial charge in [-0.25, -0.2) is 13.5 Å². The van der Waals surface area contributed by atoms with Crippen LogP contribution < -0.4 is 5.73 Å². The molecule has 3 rings (SSSR count). The number of hydrogen-bond acceptors (Lipinski definition) is 3. The highest BCUT2D eigenvalue weighted by Crippen LogP contribution is 2.32. The summed E-state index contributed by atoms with van der Waals surface area (Å²) in [5.41, 5.74) is 6.72. The molecule has 0 aliphatic carbocycles. The van der Waals surface area contributed by atoms with E-state index in [1.165, 1.54) is 10.7 Å². The number of benzene rings is 2. The first-order chi connectivity index (χ1) is 11.0. The van der Waals surface area contributed by atoms with Crippen molar-refractivity contribution < 1.29 is 8.78 Å². The lowest BCUT2D eigenvalue weighted by atomic mass is 10.1. The summed E-state index contributed by atoms with van der Waals surface area (Å²) in [5.74, 6) is -1.43. The average Bonchev–Trinajstić information content (AvgIpc) is 2.84. The number of anilines is 1. The number of nitrogens with zero attached hydrogens (tertiary/aromatic N) is 3. The summed E-state index contributed by atoms with van der Waals surface area (Å²) in [4.78, 5) is 0. The van der Waals surface area contributed by atoms with E-state index in [4.69, 9.17) is 5.73 Å². The van der Waals surface area contributed by atoms with Crippen LogP contribution in [-0.2, 0) is 0 Å². The van der Waals surface area contributed by atoms with Gasteiger partial charge in [-0.2, -0.15) is 10.4 Å². The molecule has 0 bridgehead atoms. The van der Waals surface area contributed by atoms with Gasteiger partial charge in [0.25, 0.3) is 0 Å². The Morgan fingerprint density at radius 1 is 1.17 bits per heavy atom. The van der Waals surface area contributed by atoms with Crippen molar-refractivity contribution in [3.63, 3.8) is 0 Å². The van der Waals surface area contributed by atoms with Crippen molar-refractivity contribution in [1.29, 1.82) is 5.26 Å². The number of halogens is 3. The summed E-state index contributed by atoms with van der Waals surface area (Å²) < 4.78 is 29.2. The Labute approximate surface area is 138 Å². The number of aromatic nitrogens is 2. The van der Waals surface area contributed by atoms with Gasteiger partial charge >= 0.3 is 0 Å². The molecule has 0 fully saturated rings. The smallest absolute Gasteiger partial charge is 0.145 e. The van der Waals surface area contributed by atoms with Gasteiger partial charge in [-0.1, -0.05) is 12.1 Å². The quantitative estimate of drug-likeness (QED) is 0.735. The molecule has 7 heteroatoms. The summed E-state index contributed by atoms with van der Waals surface area (Å²) in [6.07, 6.45) is 0. The number of nitrogens with two attached hydrogens (primary N) is 1. The van der Waals surface area contributed by atoms with Gasteiger partial charge in [0.2, 0.25) is 0 Å². The Bertz CT molecular complexity index is 944. The van der Waals surface area contributed by atoms with Crippen molar-refractivity contribution in [1.82, 2.24) is 9.78 Å². The molecule has 0 radical (unpaired) electrons. The Morgan fingerprint density at radius 2 is 1.91 bits per heavy atom. The second-order valence-electron chi connectivity index (χ2n) is 4.71. The molecule has 0 spiro atoms. The minimum atomic E-state index is -0.807. The highest BCUT2D eigenvalue weighted by molar-refractivity contribution is 9.10. The van der Waals surface area contributed by atoms with E-state index in [9.17, 15) is 14.0 Å².